The first-order valence-electron chi connectivity index (χ1n) is 5.73. The van der Waals surface area contributed by atoms with E-state index in [1.807, 2.05) is 18.2 Å². The molecule has 0 aliphatic rings. The fourth-order valence-corrected chi connectivity index (χ4v) is 1.98. The number of nitrogens with two attached hydrogens (primary N) is 2. The predicted octanol–water partition coefficient (Wildman–Crippen LogP) is 2.37. The number of rotatable bonds is 3. The summed E-state index contributed by atoms with van der Waals surface area (Å²) in [4.78, 5) is 16.4. The van der Waals surface area contributed by atoms with Crippen LogP contribution in [-0.4, -0.2) is 10.8 Å². The lowest BCUT2D eigenvalue weighted by molar-refractivity contribution is 0.0900. The number of hydrogen-bond acceptors (Lipinski definition) is 4. The Kier molecular flexibility index (Phi) is 3.55. The number of hydrogen-bond donors (Lipinski definition) is 2. The molecule has 4 nitrogen and oxygen atoms in total. The van der Waals surface area contributed by atoms with Crippen molar-refractivity contribution >= 4 is 23.2 Å². The minimum Gasteiger partial charge on any atom is -0.383 e. The fraction of sp³-hybridized carbons (Fsp3) is 0.143. The molecule has 5 heteroatoms. The summed E-state index contributed by atoms with van der Waals surface area (Å²) >= 11 is 5.85. The number of ketones is 1. The number of nitrogen functional groups attached to an aromatic ring is 1. The molecule has 1 heterocycles. The van der Waals surface area contributed by atoms with Crippen LogP contribution >= 0.6 is 11.6 Å². The lowest BCUT2D eigenvalue weighted by Gasteiger charge is -2.24. The molecule has 4 N–H and O–H groups in total. The first-order chi connectivity index (χ1) is 8.93. The number of anilines is 1. The van der Waals surface area contributed by atoms with Gasteiger partial charge in [-0.3, -0.25) is 4.79 Å². The van der Waals surface area contributed by atoms with Gasteiger partial charge in [0.1, 0.15) is 11.4 Å². The van der Waals surface area contributed by atoms with Crippen LogP contribution in [-0.2, 0) is 5.54 Å². The number of benzene rings is 1. The lowest BCUT2D eigenvalue weighted by atomic mass is 9.85. The standard InChI is InChI=1S/C14H14ClN3O/c1-14(17,9-5-3-2-4-6-9)12(19)11-7-10(15)8-18-13(11)16/h2-8H,17H2,1H3,(H2,16,18). The van der Waals surface area contributed by atoms with Crippen LogP contribution in [0, 0.1) is 0 Å². The molecular weight excluding hydrogens is 262 g/mol. The molecule has 0 aliphatic heterocycles. The second kappa shape index (κ2) is 4.99. The zero-order valence-corrected chi connectivity index (χ0v) is 11.2. The van der Waals surface area contributed by atoms with E-state index >= 15 is 0 Å². The van der Waals surface area contributed by atoms with Gasteiger partial charge in [0.15, 0.2) is 5.78 Å². The van der Waals surface area contributed by atoms with Crippen molar-refractivity contribution in [2.75, 3.05) is 5.73 Å². The van der Waals surface area contributed by atoms with E-state index in [4.69, 9.17) is 23.1 Å². The highest BCUT2D eigenvalue weighted by atomic mass is 35.5. The van der Waals surface area contributed by atoms with E-state index in [9.17, 15) is 4.79 Å². The summed E-state index contributed by atoms with van der Waals surface area (Å²) in [5.74, 6) is -0.187. The Bertz CT molecular complexity index is 611. The molecule has 0 saturated carbocycles. The summed E-state index contributed by atoms with van der Waals surface area (Å²) in [6, 6.07) is 10.6. The summed E-state index contributed by atoms with van der Waals surface area (Å²) in [5.41, 5.74) is 11.6. The zero-order valence-electron chi connectivity index (χ0n) is 10.4. The fourth-order valence-electron chi connectivity index (χ4n) is 1.83. The van der Waals surface area contributed by atoms with Crippen molar-refractivity contribution in [3.05, 3.63) is 58.7 Å². The minimum absolute atomic E-state index is 0.127. The van der Waals surface area contributed by atoms with E-state index in [-0.39, 0.29) is 17.2 Å². The van der Waals surface area contributed by atoms with Crippen molar-refractivity contribution in [1.82, 2.24) is 4.98 Å². The minimum atomic E-state index is -1.18. The maximum absolute atomic E-state index is 12.5. The number of nitrogens with zero attached hydrogens (tertiary/aromatic N) is 1. The summed E-state index contributed by atoms with van der Waals surface area (Å²) in [6.07, 6.45) is 1.39. The van der Waals surface area contributed by atoms with E-state index in [1.165, 1.54) is 12.3 Å². The Morgan fingerprint density at radius 1 is 1.32 bits per heavy atom. The first kappa shape index (κ1) is 13.5. The molecule has 0 aliphatic carbocycles. The number of carbonyl (C=O) groups is 1. The number of carbonyl (C=O) groups excluding carboxylic acids is 1. The van der Waals surface area contributed by atoms with Gasteiger partial charge in [-0.2, -0.15) is 0 Å². The summed E-state index contributed by atoms with van der Waals surface area (Å²) in [7, 11) is 0. The molecule has 0 amide bonds. The Morgan fingerprint density at radius 2 is 1.95 bits per heavy atom. The van der Waals surface area contributed by atoms with E-state index in [0.717, 1.165) is 0 Å². The van der Waals surface area contributed by atoms with Gasteiger partial charge in [-0.25, -0.2) is 4.98 Å². The molecule has 1 aromatic carbocycles. The quantitative estimate of drug-likeness (QED) is 0.843. The molecule has 98 valence electrons. The Balaban J connectivity index is 2.46. The summed E-state index contributed by atoms with van der Waals surface area (Å²) in [6.45, 7) is 1.64. The average Bonchev–Trinajstić information content (AvgIpc) is 2.41. The molecule has 2 rings (SSSR count). The maximum Gasteiger partial charge on any atom is 0.190 e. The van der Waals surface area contributed by atoms with Crippen molar-refractivity contribution in [3.63, 3.8) is 0 Å². The maximum atomic E-state index is 12.5. The van der Waals surface area contributed by atoms with Crippen LogP contribution < -0.4 is 11.5 Å². The van der Waals surface area contributed by atoms with E-state index in [1.54, 1.807) is 19.1 Å². The van der Waals surface area contributed by atoms with Crippen molar-refractivity contribution < 1.29 is 4.79 Å². The highest BCUT2D eigenvalue weighted by Crippen LogP contribution is 2.26. The third-order valence-electron chi connectivity index (χ3n) is 2.97. The zero-order chi connectivity index (χ0) is 14.0. The van der Waals surface area contributed by atoms with Crippen LogP contribution in [0.25, 0.3) is 0 Å². The number of pyridine rings is 1. The van der Waals surface area contributed by atoms with Gasteiger partial charge in [0.25, 0.3) is 0 Å². The van der Waals surface area contributed by atoms with Gasteiger partial charge in [0.05, 0.1) is 10.6 Å². The van der Waals surface area contributed by atoms with E-state index in [0.29, 0.717) is 10.6 Å². The van der Waals surface area contributed by atoms with Crippen LogP contribution in [0.1, 0.15) is 22.8 Å². The summed E-state index contributed by atoms with van der Waals surface area (Å²) in [5, 5.41) is 0.349. The molecular formula is C14H14ClN3O. The molecule has 0 fully saturated rings. The van der Waals surface area contributed by atoms with Gasteiger partial charge in [-0.15, -0.1) is 0 Å². The van der Waals surface area contributed by atoms with Crippen molar-refractivity contribution in [2.24, 2.45) is 5.73 Å². The second-order valence-electron chi connectivity index (χ2n) is 4.48. The van der Waals surface area contributed by atoms with E-state index < -0.39 is 5.54 Å². The topological polar surface area (TPSA) is 82.0 Å². The van der Waals surface area contributed by atoms with Crippen LogP contribution in [0.15, 0.2) is 42.6 Å². The van der Waals surface area contributed by atoms with Gasteiger partial charge < -0.3 is 11.5 Å². The van der Waals surface area contributed by atoms with Crippen LogP contribution in [0.4, 0.5) is 5.82 Å². The van der Waals surface area contributed by atoms with Gasteiger partial charge >= 0.3 is 0 Å². The van der Waals surface area contributed by atoms with Gasteiger partial charge in [0.2, 0.25) is 0 Å². The predicted molar refractivity (Wildman–Crippen MR) is 76.0 cm³/mol. The molecule has 2 aromatic rings. The normalized spacial score (nSPS) is 13.8. The Hall–Kier alpha value is -1.91. The van der Waals surface area contributed by atoms with Gasteiger partial charge in [-0.1, -0.05) is 41.9 Å². The molecule has 1 unspecified atom stereocenters. The number of aromatic nitrogens is 1. The number of halogens is 1. The van der Waals surface area contributed by atoms with Gasteiger partial charge in [-0.05, 0) is 18.6 Å². The second-order valence-corrected chi connectivity index (χ2v) is 4.92. The van der Waals surface area contributed by atoms with Crippen LogP contribution in [0.5, 0.6) is 0 Å². The lowest BCUT2D eigenvalue weighted by Crippen LogP contribution is -2.42. The molecule has 1 aromatic heterocycles. The van der Waals surface area contributed by atoms with Crippen molar-refractivity contribution in [2.45, 2.75) is 12.5 Å². The van der Waals surface area contributed by atoms with Crippen LogP contribution in [0.2, 0.25) is 5.02 Å². The third-order valence-corrected chi connectivity index (χ3v) is 3.18. The summed E-state index contributed by atoms with van der Waals surface area (Å²) < 4.78 is 0. The molecule has 19 heavy (non-hydrogen) atoms. The van der Waals surface area contributed by atoms with Crippen molar-refractivity contribution in [1.29, 1.82) is 0 Å². The third kappa shape index (κ3) is 2.59. The van der Waals surface area contributed by atoms with Gasteiger partial charge in [0, 0.05) is 6.20 Å². The molecule has 0 saturated heterocycles. The molecule has 0 bridgehead atoms. The molecule has 0 spiro atoms. The van der Waals surface area contributed by atoms with E-state index in [2.05, 4.69) is 4.98 Å². The average molecular weight is 276 g/mol. The van der Waals surface area contributed by atoms with Crippen molar-refractivity contribution in [3.8, 4) is 0 Å². The SMILES string of the molecule is CC(N)(C(=O)c1cc(Cl)cnc1N)c1ccccc1. The first-order valence-corrected chi connectivity index (χ1v) is 6.11. The Labute approximate surface area is 116 Å². The molecule has 0 radical (unpaired) electrons. The Morgan fingerprint density at radius 3 is 2.58 bits per heavy atom. The smallest absolute Gasteiger partial charge is 0.190 e. The van der Waals surface area contributed by atoms with Crippen LogP contribution in [0.3, 0.4) is 0 Å². The highest BCUT2D eigenvalue weighted by molar-refractivity contribution is 6.31. The highest BCUT2D eigenvalue weighted by Gasteiger charge is 2.32. The monoisotopic (exact) mass is 275 g/mol. The largest absolute Gasteiger partial charge is 0.383 e. The number of Topliss-reactive ketones (excluding diaryl/α,β-unsaturated/α-hetero) is 1. The molecule has 1 atom stereocenters.